The second-order valence-electron chi connectivity index (χ2n) is 9.26. The third kappa shape index (κ3) is 5.13. The number of fused-ring (bicyclic) bond motifs is 2. The minimum absolute atomic E-state index is 0.0104. The fourth-order valence-corrected chi connectivity index (χ4v) is 5.47. The zero-order valence-electron chi connectivity index (χ0n) is 20.7. The Kier molecular flexibility index (Phi) is 6.80. The summed E-state index contributed by atoms with van der Waals surface area (Å²) in [5.41, 5.74) is 10.6. The lowest BCUT2D eigenvalue weighted by Gasteiger charge is -2.16. The molecule has 1 saturated carbocycles. The van der Waals surface area contributed by atoms with Gasteiger partial charge < -0.3 is 16.2 Å². The summed E-state index contributed by atoms with van der Waals surface area (Å²) in [6.45, 7) is 0. The summed E-state index contributed by atoms with van der Waals surface area (Å²) in [4.78, 5) is 26.7. The first kappa shape index (κ1) is 26.9. The van der Waals surface area contributed by atoms with Gasteiger partial charge in [0.1, 0.15) is 12.2 Å². The standard InChI is InChI=1S/C26H21N5OS.C2HF3O2/c27-24(28)16-5-10-23-19(13-16)20(14-33-23)26(11-12-26)25(32)30-17-6-8-18(9-7-17)31-15-29-21-3-1-2-4-22(21)31;3-2(4,5)1(6)7/h1-10,13-15H,11-12H2,(H3,27,28)(H,30,32);(H,6,7). The minimum atomic E-state index is -5.08. The Morgan fingerprint density at radius 1 is 1.07 bits per heavy atom. The third-order valence-electron chi connectivity index (χ3n) is 6.68. The van der Waals surface area contributed by atoms with Gasteiger partial charge in [0.2, 0.25) is 5.91 Å². The number of aliphatic carboxylic acids is 1. The lowest BCUT2D eigenvalue weighted by atomic mass is 9.93. The molecule has 0 aliphatic heterocycles. The lowest BCUT2D eigenvalue weighted by molar-refractivity contribution is -0.192. The summed E-state index contributed by atoms with van der Waals surface area (Å²) in [5, 5.41) is 21.1. The quantitative estimate of drug-likeness (QED) is 0.157. The van der Waals surface area contributed by atoms with Crippen molar-refractivity contribution in [1.29, 1.82) is 5.41 Å². The van der Waals surface area contributed by atoms with Gasteiger partial charge in [-0.25, -0.2) is 9.78 Å². The molecule has 3 aromatic carbocycles. The summed E-state index contributed by atoms with van der Waals surface area (Å²) in [5.74, 6) is -2.71. The van der Waals surface area contributed by atoms with Crippen LogP contribution in [0.25, 0.3) is 26.8 Å². The maximum absolute atomic E-state index is 13.4. The van der Waals surface area contributed by atoms with Gasteiger partial charge in [0, 0.05) is 21.6 Å². The van der Waals surface area contributed by atoms with Crippen molar-refractivity contribution < 1.29 is 27.9 Å². The number of thiophene rings is 1. The van der Waals surface area contributed by atoms with Crippen LogP contribution in [0.15, 0.2) is 78.4 Å². The van der Waals surface area contributed by atoms with Gasteiger partial charge in [0.15, 0.2) is 0 Å². The molecule has 40 heavy (non-hydrogen) atoms. The largest absolute Gasteiger partial charge is 0.490 e. The van der Waals surface area contributed by atoms with Crippen LogP contribution in [0.2, 0.25) is 0 Å². The van der Waals surface area contributed by atoms with Crippen molar-refractivity contribution in [3.05, 3.63) is 89.6 Å². The predicted molar refractivity (Wildman–Crippen MR) is 147 cm³/mol. The van der Waals surface area contributed by atoms with Crippen LogP contribution in [0.3, 0.4) is 0 Å². The number of para-hydroxylation sites is 2. The van der Waals surface area contributed by atoms with Gasteiger partial charge in [-0.3, -0.25) is 14.8 Å². The molecule has 0 spiro atoms. The number of aromatic nitrogens is 2. The fourth-order valence-electron chi connectivity index (χ4n) is 4.43. The molecule has 12 heteroatoms. The minimum Gasteiger partial charge on any atom is -0.475 e. The molecule has 1 aliphatic carbocycles. The summed E-state index contributed by atoms with van der Waals surface area (Å²) in [6.07, 6.45) is -1.64. The maximum Gasteiger partial charge on any atom is 0.490 e. The number of amidine groups is 1. The van der Waals surface area contributed by atoms with Crippen LogP contribution in [-0.4, -0.2) is 38.5 Å². The SMILES string of the molecule is N=C(N)c1ccc2scc(C3(C(=O)Nc4ccc(-n5cnc6ccccc65)cc4)CC3)c2c1.O=C(O)C(F)(F)F. The van der Waals surface area contributed by atoms with Crippen LogP contribution in [0, 0.1) is 5.41 Å². The summed E-state index contributed by atoms with van der Waals surface area (Å²) in [7, 11) is 0. The van der Waals surface area contributed by atoms with E-state index in [9.17, 15) is 18.0 Å². The monoisotopic (exact) mass is 565 g/mol. The molecule has 0 unspecified atom stereocenters. The first-order chi connectivity index (χ1) is 19.0. The number of carboxylic acid groups (broad SMARTS) is 1. The number of carbonyl (C=O) groups excluding carboxylic acids is 1. The number of nitrogen functional groups attached to an aromatic ring is 1. The van der Waals surface area contributed by atoms with Crippen molar-refractivity contribution in [2.75, 3.05) is 5.32 Å². The highest BCUT2D eigenvalue weighted by molar-refractivity contribution is 7.17. The Morgan fingerprint density at radius 3 is 2.38 bits per heavy atom. The Morgan fingerprint density at radius 2 is 1.75 bits per heavy atom. The zero-order valence-corrected chi connectivity index (χ0v) is 21.5. The predicted octanol–water partition coefficient (Wildman–Crippen LogP) is 5.83. The number of carboxylic acids is 1. The highest BCUT2D eigenvalue weighted by Gasteiger charge is 2.52. The van der Waals surface area contributed by atoms with Crippen molar-refractivity contribution in [3.8, 4) is 5.69 Å². The Labute approximate surface area is 229 Å². The zero-order chi connectivity index (χ0) is 28.7. The average Bonchev–Trinajstić information content (AvgIpc) is 3.43. The molecule has 8 nitrogen and oxygen atoms in total. The highest BCUT2D eigenvalue weighted by Crippen LogP contribution is 2.52. The lowest BCUT2D eigenvalue weighted by Crippen LogP contribution is -2.27. The Balaban J connectivity index is 0.000000411. The smallest absolute Gasteiger partial charge is 0.475 e. The number of carbonyl (C=O) groups is 2. The van der Waals surface area contributed by atoms with E-state index in [4.69, 9.17) is 21.0 Å². The van der Waals surface area contributed by atoms with E-state index in [-0.39, 0.29) is 11.7 Å². The number of anilines is 1. The number of rotatable bonds is 5. The number of nitrogens with two attached hydrogens (primary N) is 1. The Bertz CT molecular complexity index is 1750. The molecule has 0 saturated heterocycles. The number of halogens is 3. The van der Waals surface area contributed by atoms with Crippen LogP contribution in [-0.2, 0) is 15.0 Å². The molecule has 6 rings (SSSR count). The molecule has 0 radical (unpaired) electrons. The fraction of sp³-hybridized carbons (Fsp3) is 0.143. The molecular formula is C28H22F3N5O3S. The Hall–Kier alpha value is -4.71. The van der Waals surface area contributed by atoms with Gasteiger partial charge in [0.05, 0.1) is 16.4 Å². The topological polar surface area (TPSA) is 134 Å². The van der Waals surface area contributed by atoms with Crippen molar-refractivity contribution in [1.82, 2.24) is 9.55 Å². The number of amides is 1. The molecular weight excluding hydrogens is 543 g/mol. The third-order valence-corrected chi connectivity index (χ3v) is 7.65. The van der Waals surface area contributed by atoms with E-state index in [2.05, 4.69) is 15.7 Å². The van der Waals surface area contributed by atoms with Crippen LogP contribution in [0.5, 0.6) is 0 Å². The number of hydrogen-bond donors (Lipinski definition) is 4. The molecule has 1 fully saturated rings. The van der Waals surface area contributed by atoms with Crippen molar-refractivity contribution in [2.24, 2.45) is 5.73 Å². The van der Waals surface area contributed by atoms with Crippen LogP contribution < -0.4 is 11.1 Å². The second kappa shape index (κ2) is 10.1. The molecule has 2 heterocycles. The van der Waals surface area contributed by atoms with Crippen LogP contribution in [0.4, 0.5) is 18.9 Å². The first-order valence-electron chi connectivity index (χ1n) is 12.0. The van der Waals surface area contributed by atoms with Crippen molar-refractivity contribution >= 4 is 55.9 Å². The van der Waals surface area contributed by atoms with Crippen molar-refractivity contribution in [2.45, 2.75) is 24.4 Å². The number of nitrogens with zero attached hydrogens (tertiary/aromatic N) is 2. The number of alkyl halides is 3. The number of imidazole rings is 1. The van der Waals surface area contributed by atoms with E-state index in [1.54, 1.807) is 11.3 Å². The molecule has 0 atom stereocenters. The second-order valence-corrected chi connectivity index (χ2v) is 10.2. The van der Waals surface area contributed by atoms with Gasteiger partial charge in [-0.1, -0.05) is 12.1 Å². The van der Waals surface area contributed by atoms with Gasteiger partial charge >= 0.3 is 12.1 Å². The van der Waals surface area contributed by atoms with E-state index >= 15 is 0 Å². The van der Waals surface area contributed by atoms with Gasteiger partial charge in [-0.05, 0) is 83.8 Å². The normalized spacial score (nSPS) is 13.9. The number of nitrogens with one attached hydrogen (secondary N) is 2. The van der Waals surface area contributed by atoms with E-state index in [0.29, 0.717) is 5.56 Å². The maximum atomic E-state index is 13.4. The van der Waals surface area contributed by atoms with Gasteiger partial charge in [-0.15, -0.1) is 11.3 Å². The number of benzene rings is 3. The van der Waals surface area contributed by atoms with Crippen LogP contribution in [0.1, 0.15) is 24.0 Å². The summed E-state index contributed by atoms with van der Waals surface area (Å²) in [6, 6.07) is 21.6. The average molecular weight is 566 g/mol. The molecule has 2 aromatic heterocycles. The molecule has 5 N–H and O–H groups in total. The van der Waals surface area contributed by atoms with E-state index in [1.165, 1.54) is 0 Å². The van der Waals surface area contributed by atoms with Gasteiger partial charge in [-0.2, -0.15) is 13.2 Å². The first-order valence-corrected chi connectivity index (χ1v) is 12.9. The highest BCUT2D eigenvalue weighted by atomic mass is 32.1. The molecule has 5 aromatic rings. The molecule has 204 valence electrons. The summed E-state index contributed by atoms with van der Waals surface area (Å²) >= 11 is 1.63. The molecule has 1 amide bonds. The van der Waals surface area contributed by atoms with Crippen LogP contribution >= 0.6 is 11.3 Å². The van der Waals surface area contributed by atoms with Crippen molar-refractivity contribution in [3.63, 3.8) is 0 Å². The van der Waals surface area contributed by atoms with E-state index < -0.39 is 17.6 Å². The molecule has 1 aliphatic rings. The summed E-state index contributed by atoms with van der Waals surface area (Å²) < 4.78 is 34.9. The van der Waals surface area contributed by atoms with E-state index in [0.717, 1.165) is 50.9 Å². The number of hydrogen-bond acceptors (Lipinski definition) is 5. The van der Waals surface area contributed by atoms with Gasteiger partial charge in [0.25, 0.3) is 0 Å². The molecule has 0 bridgehead atoms. The van der Waals surface area contributed by atoms with E-state index in [1.807, 2.05) is 77.6 Å².